The summed E-state index contributed by atoms with van der Waals surface area (Å²) in [5.41, 5.74) is 5.01. The molecular formula is C18H20ClN. The summed E-state index contributed by atoms with van der Waals surface area (Å²) in [7, 11) is 1.95. The van der Waals surface area contributed by atoms with Crippen molar-refractivity contribution in [3.63, 3.8) is 0 Å². The Hall–Kier alpha value is -1.31. The zero-order chi connectivity index (χ0) is 13.9. The molecule has 0 atom stereocenters. The third kappa shape index (κ3) is 2.74. The summed E-state index contributed by atoms with van der Waals surface area (Å²) in [5.74, 6) is 0.789. The number of hydrogen-bond acceptors (Lipinski definition) is 1. The van der Waals surface area contributed by atoms with Gasteiger partial charge in [-0.05, 0) is 48.6 Å². The van der Waals surface area contributed by atoms with Crippen LogP contribution in [-0.4, -0.2) is 7.05 Å². The fraction of sp³-hybridized carbons (Fsp3) is 0.333. The van der Waals surface area contributed by atoms with Crippen LogP contribution in [0.15, 0.2) is 42.5 Å². The van der Waals surface area contributed by atoms with E-state index in [4.69, 9.17) is 11.6 Å². The highest BCUT2D eigenvalue weighted by Gasteiger charge is 2.19. The predicted molar refractivity (Wildman–Crippen MR) is 86.2 cm³/mol. The van der Waals surface area contributed by atoms with E-state index >= 15 is 0 Å². The van der Waals surface area contributed by atoms with E-state index in [-0.39, 0.29) is 0 Å². The lowest BCUT2D eigenvalue weighted by molar-refractivity contribution is 0.420. The van der Waals surface area contributed by atoms with Crippen LogP contribution in [0.4, 0.5) is 0 Å². The Labute approximate surface area is 126 Å². The number of benzene rings is 2. The minimum Gasteiger partial charge on any atom is -0.316 e. The van der Waals surface area contributed by atoms with Crippen LogP contribution in [0, 0.1) is 0 Å². The van der Waals surface area contributed by atoms with Crippen LogP contribution in [-0.2, 0) is 6.54 Å². The molecule has 104 valence electrons. The molecule has 0 aromatic heterocycles. The van der Waals surface area contributed by atoms with Crippen molar-refractivity contribution in [3.8, 4) is 11.1 Å². The molecule has 1 nitrogen and oxygen atoms in total. The van der Waals surface area contributed by atoms with Crippen molar-refractivity contribution >= 4 is 11.6 Å². The van der Waals surface area contributed by atoms with Gasteiger partial charge in [0.2, 0.25) is 0 Å². The zero-order valence-electron chi connectivity index (χ0n) is 11.8. The molecule has 0 heterocycles. The Bertz CT molecular complexity index is 585. The van der Waals surface area contributed by atoms with Gasteiger partial charge in [-0.1, -0.05) is 54.4 Å². The Morgan fingerprint density at radius 3 is 2.40 bits per heavy atom. The third-order valence-electron chi connectivity index (χ3n) is 4.21. The first kappa shape index (κ1) is 13.7. The highest BCUT2D eigenvalue weighted by atomic mass is 35.5. The normalized spacial score (nSPS) is 15.1. The molecule has 1 N–H and O–H groups in total. The van der Waals surface area contributed by atoms with Gasteiger partial charge in [0.05, 0.1) is 0 Å². The van der Waals surface area contributed by atoms with Gasteiger partial charge in [0, 0.05) is 17.1 Å². The van der Waals surface area contributed by atoms with Crippen LogP contribution in [0.2, 0.25) is 5.02 Å². The number of nitrogens with one attached hydrogen (secondary N) is 1. The van der Waals surface area contributed by atoms with E-state index in [2.05, 4.69) is 41.7 Å². The second-order valence-corrected chi connectivity index (χ2v) is 6.00. The van der Waals surface area contributed by atoms with Gasteiger partial charge in [-0.25, -0.2) is 0 Å². The maximum Gasteiger partial charge on any atom is 0.0487 e. The van der Waals surface area contributed by atoms with Crippen molar-refractivity contribution in [2.75, 3.05) is 7.05 Å². The van der Waals surface area contributed by atoms with E-state index in [1.807, 2.05) is 13.1 Å². The summed E-state index contributed by atoms with van der Waals surface area (Å²) in [6, 6.07) is 15.2. The predicted octanol–water partition coefficient (Wildman–Crippen LogP) is 4.99. The number of rotatable bonds is 4. The molecule has 1 aliphatic carbocycles. The average molecular weight is 286 g/mol. The second kappa shape index (κ2) is 5.99. The Kier molecular flexibility index (Phi) is 4.09. The van der Waals surface area contributed by atoms with Crippen LogP contribution in [0.1, 0.15) is 36.3 Å². The largest absolute Gasteiger partial charge is 0.316 e. The van der Waals surface area contributed by atoms with E-state index in [1.54, 1.807) is 0 Å². The van der Waals surface area contributed by atoms with Gasteiger partial charge in [0.15, 0.2) is 0 Å². The SMILES string of the molecule is CNCc1ccc(-c2ccc(C3CCC3)cc2)c(Cl)c1. The minimum atomic E-state index is 0.789. The molecule has 2 aromatic carbocycles. The smallest absolute Gasteiger partial charge is 0.0487 e. The molecule has 0 bridgehead atoms. The molecule has 1 aliphatic rings. The first-order valence-corrected chi connectivity index (χ1v) is 7.69. The molecule has 1 fully saturated rings. The van der Waals surface area contributed by atoms with Gasteiger partial charge in [0.25, 0.3) is 0 Å². The van der Waals surface area contributed by atoms with Crippen LogP contribution in [0.5, 0.6) is 0 Å². The van der Waals surface area contributed by atoms with Crippen molar-refractivity contribution in [2.45, 2.75) is 31.7 Å². The van der Waals surface area contributed by atoms with Crippen molar-refractivity contribution < 1.29 is 0 Å². The highest BCUT2D eigenvalue weighted by molar-refractivity contribution is 6.33. The Morgan fingerprint density at radius 2 is 1.85 bits per heavy atom. The van der Waals surface area contributed by atoms with Gasteiger partial charge in [-0.2, -0.15) is 0 Å². The van der Waals surface area contributed by atoms with Crippen LogP contribution >= 0.6 is 11.6 Å². The van der Waals surface area contributed by atoms with Crippen LogP contribution in [0.3, 0.4) is 0 Å². The lowest BCUT2D eigenvalue weighted by Gasteiger charge is -2.25. The van der Waals surface area contributed by atoms with Crippen molar-refractivity contribution in [2.24, 2.45) is 0 Å². The minimum absolute atomic E-state index is 0.789. The maximum absolute atomic E-state index is 6.41. The fourth-order valence-corrected chi connectivity index (χ4v) is 3.10. The molecule has 3 rings (SSSR count). The lowest BCUT2D eigenvalue weighted by Crippen LogP contribution is -2.08. The van der Waals surface area contributed by atoms with E-state index in [9.17, 15) is 0 Å². The second-order valence-electron chi connectivity index (χ2n) is 5.59. The first-order valence-electron chi connectivity index (χ1n) is 7.31. The summed E-state index contributed by atoms with van der Waals surface area (Å²) in [6.07, 6.45) is 4.07. The Morgan fingerprint density at radius 1 is 1.10 bits per heavy atom. The number of halogens is 1. The molecule has 0 saturated heterocycles. The maximum atomic E-state index is 6.41. The molecule has 0 spiro atoms. The molecule has 1 saturated carbocycles. The topological polar surface area (TPSA) is 12.0 Å². The molecule has 0 amide bonds. The van der Waals surface area contributed by atoms with Gasteiger partial charge in [0.1, 0.15) is 0 Å². The van der Waals surface area contributed by atoms with Gasteiger partial charge in [-0.15, -0.1) is 0 Å². The molecule has 0 aliphatic heterocycles. The summed E-state index contributed by atoms with van der Waals surface area (Å²) in [5, 5.41) is 3.97. The van der Waals surface area contributed by atoms with E-state index in [0.717, 1.165) is 23.0 Å². The molecule has 2 aromatic rings. The number of hydrogen-bond donors (Lipinski definition) is 1. The first-order chi connectivity index (χ1) is 9.78. The molecule has 20 heavy (non-hydrogen) atoms. The molecular weight excluding hydrogens is 266 g/mol. The lowest BCUT2D eigenvalue weighted by atomic mass is 9.80. The van der Waals surface area contributed by atoms with Gasteiger partial charge < -0.3 is 5.32 Å². The van der Waals surface area contributed by atoms with Crippen LogP contribution in [0.25, 0.3) is 11.1 Å². The summed E-state index contributed by atoms with van der Waals surface area (Å²) in [4.78, 5) is 0. The zero-order valence-corrected chi connectivity index (χ0v) is 12.6. The van der Waals surface area contributed by atoms with E-state index in [0.29, 0.717) is 0 Å². The fourth-order valence-electron chi connectivity index (χ4n) is 2.78. The van der Waals surface area contributed by atoms with Gasteiger partial charge >= 0.3 is 0 Å². The Balaban J connectivity index is 1.84. The highest BCUT2D eigenvalue weighted by Crippen LogP contribution is 2.37. The summed E-state index contributed by atoms with van der Waals surface area (Å²) in [6.45, 7) is 0.848. The average Bonchev–Trinajstić information content (AvgIpc) is 2.39. The molecule has 0 radical (unpaired) electrons. The van der Waals surface area contributed by atoms with Crippen molar-refractivity contribution in [1.82, 2.24) is 5.32 Å². The standard InChI is InChI=1S/C18H20ClN/c1-20-12-13-5-10-17(18(19)11-13)16-8-6-15(7-9-16)14-3-2-4-14/h5-11,14,20H,2-4,12H2,1H3. The third-order valence-corrected chi connectivity index (χ3v) is 4.53. The molecule has 0 unspecified atom stereocenters. The van der Waals surface area contributed by atoms with E-state index in [1.165, 1.54) is 36.0 Å². The quantitative estimate of drug-likeness (QED) is 0.834. The van der Waals surface area contributed by atoms with Crippen molar-refractivity contribution in [1.29, 1.82) is 0 Å². The summed E-state index contributed by atoms with van der Waals surface area (Å²) < 4.78 is 0. The monoisotopic (exact) mass is 285 g/mol. The molecule has 2 heteroatoms. The van der Waals surface area contributed by atoms with E-state index < -0.39 is 0 Å². The van der Waals surface area contributed by atoms with Gasteiger partial charge in [-0.3, -0.25) is 0 Å². The summed E-state index contributed by atoms with van der Waals surface area (Å²) >= 11 is 6.41. The van der Waals surface area contributed by atoms with Crippen LogP contribution < -0.4 is 5.32 Å². The van der Waals surface area contributed by atoms with Crippen molar-refractivity contribution in [3.05, 3.63) is 58.6 Å².